The van der Waals surface area contributed by atoms with E-state index < -0.39 is 0 Å². The van der Waals surface area contributed by atoms with Gasteiger partial charge >= 0.3 is 0 Å². The molecular weight excluding hydrogens is 124 g/mol. The SMILES string of the molecule is CC.CCc1[nH]ncc1C. The molecule has 1 heterocycles. The number of nitrogens with zero attached hydrogens (tertiary/aromatic N) is 1. The van der Waals surface area contributed by atoms with Crippen LogP contribution in [0.1, 0.15) is 32.0 Å². The molecule has 0 aliphatic heterocycles. The molecule has 1 N–H and O–H groups in total. The molecule has 0 unspecified atom stereocenters. The normalized spacial score (nSPS) is 8.40. The van der Waals surface area contributed by atoms with Crippen LogP contribution in [-0.4, -0.2) is 10.2 Å². The Bertz CT molecular complexity index is 168. The van der Waals surface area contributed by atoms with E-state index in [1.165, 1.54) is 11.3 Å². The molecule has 2 heteroatoms. The van der Waals surface area contributed by atoms with Gasteiger partial charge in [-0.25, -0.2) is 0 Å². The second kappa shape index (κ2) is 5.03. The van der Waals surface area contributed by atoms with E-state index in [0.29, 0.717) is 0 Å². The first-order valence-electron chi connectivity index (χ1n) is 3.83. The van der Waals surface area contributed by atoms with Gasteiger partial charge in [0, 0.05) is 5.69 Å². The van der Waals surface area contributed by atoms with Gasteiger partial charge in [0.05, 0.1) is 6.20 Å². The quantitative estimate of drug-likeness (QED) is 0.637. The first-order valence-corrected chi connectivity index (χ1v) is 3.83. The van der Waals surface area contributed by atoms with Gasteiger partial charge in [0.2, 0.25) is 0 Å². The standard InChI is InChI=1S/C6H10N2.C2H6/c1-3-6-5(2)4-7-8-6;1-2/h4H,3H2,1-2H3,(H,7,8);1-2H3. The second-order valence-electron chi connectivity index (χ2n) is 1.89. The van der Waals surface area contributed by atoms with Crippen LogP contribution in [0.4, 0.5) is 0 Å². The Morgan fingerprint density at radius 1 is 1.50 bits per heavy atom. The number of aryl methyl sites for hydroxylation is 2. The fourth-order valence-electron chi connectivity index (χ4n) is 0.731. The topological polar surface area (TPSA) is 28.7 Å². The molecule has 58 valence electrons. The van der Waals surface area contributed by atoms with Gasteiger partial charge < -0.3 is 0 Å². The summed E-state index contributed by atoms with van der Waals surface area (Å²) in [4.78, 5) is 0. The summed E-state index contributed by atoms with van der Waals surface area (Å²) in [7, 11) is 0. The maximum Gasteiger partial charge on any atom is 0.0519 e. The molecule has 10 heavy (non-hydrogen) atoms. The molecule has 0 amide bonds. The Morgan fingerprint density at radius 3 is 2.30 bits per heavy atom. The molecule has 0 radical (unpaired) electrons. The lowest BCUT2D eigenvalue weighted by molar-refractivity contribution is 0.969. The van der Waals surface area contributed by atoms with E-state index >= 15 is 0 Å². The summed E-state index contributed by atoms with van der Waals surface area (Å²) in [6.45, 7) is 8.17. The Balaban J connectivity index is 0.000000371. The average molecular weight is 140 g/mol. The van der Waals surface area contributed by atoms with Crippen molar-refractivity contribution in [2.75, 3.05) is 0 Å². The fourth-order valence-corrected chi connectivity index (χ4v) is 0.731. The van der Waals surface area contributed by atoms with Gasteiger partial charge in [0.25, 0.3) is 0 Å². The van der Waals surface area contributed by atoms with E-state index in [-0.39, 0.29) is 0 Å². The molecule has 1 aromatic rings. The predicted octanol–water partition coefficient (Wildman–Crippen LogP) is 2.31. The van der Waals surface area contributed by atoms with Crippen molar-refractivity contribution in [3.05, 3.63) is 17.5 Å². The molecular formula is C8H16N2. The van der Waals surface area contributed by atoms with Crippen molar-refractivity contribution < 1.29 is 0 Å². The number of hydrogen-bond acceptors (Lipinski definition) is 1. The molecule has 1 rings (SSSR count). The van der Waals surface area contributed by atoms with Crippen LogP contribution in [-0.2, 0) is 6.42 Å². The van der Waals surface area contributed by atoms with Crippen molar-refractivity contribution >= 4 is 0 Å². The lowest BCUT2D eigenvalue weighted by atomic mass is 10.2. The van der Waals surface area contributed by atoms with Crippen molar-refractivity contribution in [3.63, 3.8) is 0 Å². The van der Waals surface area contributed by atoms with Crippen LogP contribution < -0.4 is 0 Å². The van der Waals surface area contributed by atoms with E-state index in [1.807, 2.05) is 20.0 Å². The van der Waals surface area contributed by atoms with Crippen LogP contribution in [0.25, 0.3) is 0 Å². The molecule has 2 nitrogen and oxygen atoms in total. The summed E-state index contributed by atoms with van der Waals surface area (Å²) < 4.78 is 0. The highest BCUT2D eigenvalue weighted by Gasteiger charge is 1.92. The minimum atomic E-state index is 1.05. The van der Waals surface area contributed by atoms with Crippen LogP contribution in [0.2, 0.25) is 0 Å². The first kappa shape index (κ1) is 9.21. The van der Waals surface area contributed by atoms with Crippen LogP contribution in [0.5, 0.6) is 0 Å². The van der Waals surface area contributed by atoms with Crippen molar-refractivity contribution in [1.82, 2.24) is 10.2 Å². The highest BCUT2D eigenvalue weighted by Crippen LogP contribution is 2.00. The fraction of sp³-hybridized carbons (Fsp3) is 0.625. The molecule has 0 atom stereocenters. The number of aromatic nitrogens is 2. The third-order valence-electron chi connectivity index (χ3n) is 1.29. The van der Waals surface area contributed by atoms with Gasteiger partial charge in [-0.2, -0.15) is 5.10 Å². The predicted molar refractivity (Wildman–Crippen MR) is 44.1 cm³/mol. The van der Waals surface area contributed by atoms with E-state index in [0.717, 1.165) is 6.42 Å². The van der Waals surface area contributed by atoms with Crippen molar-refractivity contribution in [2.45, 2.75) is 34.1 Å². The van der Waals surface area contributed by atoms with Crippen molar-refractivity contribution in [3.8, 4) is 0 Å². The minimum absolute atomic E-state index is 1.05. The largest absolute Gasteiger partial charge is 0.282 e. The third kappa shape index (κ3) is 2.21. The molecule has 0 spiro atoms. The summed E-state index contributed by atoms with van der Waals surface area (Å²) in [5.74, 6) is 0. The monoisotopic (exact) mass is 140 g/mol. The van der Waals surface area contributed by atoms with Crippen LogP contribution in [0.3, 0.4) is 0 Å². The van der Waals surface area contributed by atoms with E-state index in [9.17, 15) is 0 Å². The zero-order chi connectivity index (χ0) is 7.98. The van der Waals surface area contributed by atoms with E-state index in [2.05, 4.69) is 24.0 Å². The van der Waals surface area contributed by atoms with Gasteiger partial charge in [-0.3, -0.25) is 5.10 Å². The summed E-state index contributed by atoms with van der Waals surface area (Å²) in [6, 6.07) is 0. The number of H-pyrrole nitrogens is 1. The zero-order valence-corrected chi connectivity index (χ0v) is 7.23. The summed E-state index contributed by atoms with van der Waals surface area (Å²) in [5, 5.41) is 6.77. The van der Waals surface area contributed by atoms with Gasteiger partial charge in [-0.05, 0) is 18.9 Å². The van der Waals surface area contributed by atoms with Gasteiger partial charge in [0.1, 0.15) is 0 Å². The molecule has 0 fully saturated rings. The Morgan fingerprint density at radius 2 is 2.10 bits per heavy atom. The van der Waals surface area contributed by atoms with E-state index in [4.69, 9.17) is 0 Å². The summed E-state index contributed by atoms with van der Waals surface area (Å²) >= 11 is 0. The summed E-state index contributed by atoms with van der Waals surface area (Å²) in [6.07, 6.45) is 2.89. The lowest BCUT2D eigenvalue weighted by Crippen LogP contribution is -1.80. The van der Waals surface area contributed by atoms with Crippen LogP contribution in [0, 0.1) is 6.92 Å². The molecule has 0 saturated heterocycles. The Kier molecular flexibility index (Phi) is 4.63. The lowest BCUT2D eigenvalue weighted by Gasteiger charge is -1.87. The van der Waals surface area contributed by atoms with Gasteiger partial charge in [0.15, 0.2) is 0 Å². The van der Waals surface area contributed by atoms with Crippen LogP contribution >= 0.6 is 0 Å². The highest BCUT2D eigenvalue weighted by atomic mass is 15.1. The molecule has 1 aromatic heterocycles. The smallest absolute Gasteiger partial charge is 0.0519 e. The molecule has 0 aliphatic rings. The number of hydrogen-bond donors (Lipinski definition) is 1. The van der Waals surface area contributed by atoms with Crippen molar-refractivity contribution in [1.29, 1.82) is 0 Å². The Hall–Kier alpha value is -0.790. The van der Waals surface area contributed by atoms with Crippen LogP contribution in [0.15, 0.2) is 6.20 Å². The Labute approximate surface area is 62.7 Å². The second-order valence-corrected chi connectivity index (χ2v) is 1.89. The number of aromatic amines is 1. The number of nitrogens with one attached hydrogen (secondary N) is 1. The first-order chi connectivity index (χ1) is 4.84. The zero-order valence-electron chi connectivity index (χ0n) is 7.23. The van der Waals surface area contributed by atoms with Gasteiger partial charge in [-0.15, -0.1) is 0 Å². The number of rotatable bonds is 1. The summed E-state index contributed by atoms with van der Waals surface area (Å²) in [5.41, 5.74) is 2.50. The molecule has 0 saturated carbocycles. The third-order valence-corrected chi connectivity index (χ3v) is 1.29. The molecule has 0 aliphatic carbocycles. The average Bonchev–Trinajstić information content (AvgIpc) is 2.39. The highest BCUT2D eigenvalue weighted by molar-refractivity contribution is 5.12. The van der Waals surface area contributed by atoms with Gasteiger partial charge in [-0.1, -0.05) is 20.8 Å². The molecule has 0 aromatic carbocycles. The van der Waals surface area contributed by atoms with E-state index in [1.54, 1.807) is 0 Å². The minimum Gasteiger partial charge on any atom is -0.282 e. The maximum atomic E-state index is 3.87. The maximum absolute atomic E-state index is 3.87. The molecule has 0 bridgehead atoms. The van der Waals surface area contributed by atoms with Crippen molar-refractivity contribution in [2.24, 2.45) is 0 Å².